The van der Waals surface area contributed by atoms with Crippen LogP contribution >= 0.6 is 11.6 Å². The van der Waals surface area contributed by atoms with Crippen LogP contribution in [0.2, 0.25) is 5.02 Å². The third-order valence-corrected chi connectivity index (χ3v) is 4.53. The molecule has 6 nitrogen and oxygen atoms in total. The predicted octanol–water partition coefficient (Wildman–Crippen LogP) is 4.02. The average molecular weight is 373 g/mol. The van der Waals surface area contributed by atoms with Gasteiger partial charge in [0.25, 0.3) is 0 Å². The summed E-state index contributed by atoms with van der Waals surface area (Å²) in [5, 5.41) is 13.4. The zero-order chi connectivity index (χ0) is 18.8. The van der Waals surface area contributed by atoms with Gasteiger partial charge in [0.15, 0.2) is 0 Å². The fourth-order valence-corrected chi connectivity index (χ4v) is 3.00. The minimum Gasteiger partial charge on any atom is -0.495 e. The summed E-state index contributed by atoms with van der Waals surface area (Å²) in [5.41, 5.74) is 2.40. The molecule has 3 aromatic rings. The molecule has 7 heteroatoms. The number of carbonyl (C=O) groups excluding carboxylic acids is 1. The van der Waals surface area contributed by atoms with E-state index in [-0.39, 0.29) is 18.0 Å². The standard InChI is InChI=1S/C19H17ClN2O4/c1-10-7-15(16(26-2)9-13(10)20)21-17(23)8-12-11-5-3-4-6-14(11)22-18(12)19(24)25/h3-7,9,22H,8H2,1-2H3,(H,21,23)(H,24,25). The highest BCUT2D eigenvalue weighted by molar-refractivity contribution is 6.31. The van der Waals surface area contributed by atoms with Gasteiger partial charge < -0.3 is 20.1 Å². The second-order valence-corrected chi connectivity index (χ2v) is 6.26. The quantitative estimate of drug-likeness (QED) is 0.630. The van der Waals surface area contributed by atoms with Crippen molar-refractivity contribution >= 4 is 40.1 Å². The molecule has 2 aromatic carbocycles. The number of aromatic nitrogens is 1. The Bertz CT molecular complexity index is 1010. The second kappa shape index (κ2) is 7.09. The molecule has 0 fully saturated rings. The molecule has 1 aromatic heterocycles. The molecular weight excluding hydrogens is 356 g/mol. The summed E-state index contributed by atoms with van der Waals surface area (Å²) in [4.78, 5) is 26.9. The summed E-state index contributed by atoms with van der Waals surface area (Å²) in [6.07, 6.45) is -0.0868. The maximum Gasteiger partial charge on any atom is 0.352 e. The Morgan fingerprint density at radius 1 is 1.27 bits per heavy atom. The van der Waals surface area contributed by atoms with Crippen LogP contribution in [0.3, 0.4) is 0 Å². The monoisotopic (exact) mass is 372 g/mol. The third-order valence-electron chi connectivity index (χ3n) is 4.12. The van der Waals surface area contributed by atoms with E-state index in [0.29, 0.717) is 32.9 Å². The van der Waals surface area contributed by atoms with E-state index < -0.39 is 5.97 Å². The lowest BCUT2D eigenvalue weighted by atomic mass is 10.1. The van der Waals surface area contributed by atoms with Crippen LogP contribution in [0.1, 0.15) is 21.6 Å². The van der Waals surface area contributed by atoms with Gasteiger partial charge in [-0.3, -0.25) is 4.79 Å². The van der Waals surface area contributed by atoms with Gasteiger partial charge in [-0.05, 0) is 24.6 Å². The normalized spacial score (nSPS) is 10.7. The number of aromatic carboxylic acids is 1. The molecule has 3 rings (SSSR count). The Kier molecular flexibility index (Phi) is 4.86. The summed E-state index contributed by atoms with van der Waals surface area (Å²) in [6.45, 7) is 1.82. The first kappa shape index (κ1) is 17.8. The minimum absolute atomic E-state index is 0.0144. The zero-order valence-corrected chi connectivity index (χ0v) is 15.0. The number of rotatable bonds is 5. The zero-order valence-electron chi connectivity index (χ0n) is 14.2. The van der Waals surface area contributed by atoms with Gasteiger partial charge in [-0.1, -0.05) is 29.8 Å². The number of amides is 1. The molecule has 0 saturated carbocycles. The number of anilines is 1. The van der Waals surface area contributed by atoms with Crippen molar-refractivity contribution in [1.82, 2.24) is 4.98 Å². The number of carboxylic acid groups (broad SMARTS) is 1. The molecule has 0 aliphatic heterocycles. The van der Waals surface area contributed by atoms with E-state index in [1.54, 1.807) is 36.4 Å². The number of H-pyrrole nitrogens is 1. The smallest absolute Gasteiger partial charge is 0.352 e. The van der Waals surface area contributed by atoms with E-state index in [0.717, 1.165) is 5.56 Å². The Morgan fingerprint density at radius 3 is 2.69 bits per heavy atom. The number of carboxylic acids is 1. The maximum absolute atomic E-state index is 12.6. The van der Waals surface area contributed by atoms with E-state index in [9.17, 15) is 14.7 Å². The lowest BCUT2D eigenvalue weighted by Gasteiger charge is -2.12. The number of aromatic amines is 1. The summed E-state index contributed by atoms with van der Waals surface area (Å²) < 4.78 is 5.25. The number of methoxy groups -OCH3 is 1. The van der Waals surface area contributed by atoms with Gasteiger partial charge in [0.05, 0.1) is 19.2 Å². The molecule has 1 heterocycles. The molecule has 0 bridgehead atoms. The Morgan fingerprint density at radius 2 is 2.00 bits per heavy atom. The van der Waals surface area contributed by atoms with E-state index >= 15 is 0 Å². The highest BCUT2D eigenvalue weighted by Crippen LogP contribution is 2.31. The van der Waals surface area contributed by atoms with E-state index in [4.69, 9.17) is 16.3 Å². The number of halogens is 1. The molecule has 1 amide bonds. The van der Waals surface area contributed by atoms with E-state index in [1.165, 1.54) is 7.11 Å². The lowest BCUT2D eigenvalue weighted by molar-refractivity contribution is -0.115. The van der Waals surface area contributed by atoms with Crippen molar-refractivity contribution in [2.45, 2.75) is 13.3 Å². The van der Waals surface area contributed by atoms with Crippen molar-refractivity contribution in [3.8, 4) is 5.75 Å². The van der Waals surface area contributed by atoms with Gasteiger partial charge in [0.1, 0.15) is 11.4 Å². The van der Waals surface area contributed by atoms with Crippen molar-refractivity contribution in [2.24, 2.45) is 0 Å². The molecule has 0 aliphatic carbocycles. The van der Waals surface area contributed by atoms with Gasteiger partial charge in [-0.2, -0.15) is 0 Å². The van der Waals surface area contributed by atoms with E-state index in [2.05, 4.69) is 10.3 Å². The number of hydrogen-bond acceptors (Lipinski definition) is 3. The van der Waals surface area contributed by atoms with Crippen molar-refractivity contribution in [1.29, 1.82) is 0 Å². The van der Waals surface area contributed by atoms with Gasteiger partial charge in [0.2, 0.25) is 5.91 Å². The predicted molar refractivity (Wildman–Crippen MR) is 100 cm³/mol. The lowest BCUT2D eigenvalue weighted by Crippen LogP contribution is -2.16. The summed E-state index contributed by atoms with van der Waals surface area (Å²) >= 11 is 6.08. The maximum atomic E-state index is 12.6. The van der Waals surface area contributed by atoms with Crippen molar-refractivity contribution < 1.29 is 19.4 Å². The average Bonchev–Trinajstić information content (AvgIpc) is 2.97. The molecule has 26 heavy (non-hydrogen) atoms. The van der Waals surface area contributed by atoms with Crippen molar-refractivity contribution in [3.05, 3.63) is 58.2 Å². The molecule has 0 radical (unpaired) electrons. The number of nitrogens with one attached hydrogen (secondary N) is 2. The molecule has 0 unspecified atom stereocenters. The fourth-order valence-electron chi connectivity index (χ4n) is 2.85. The molecule has 0 aliphatic rings. The van der Waals surface area contributed by atoms with Gasteiger partial charge in [0, 0.05) is 27.6 Å². The number of para-hydroxylation sites is 1. The Hall–Kier alpha value is -2.99. The first-order valence-electron chi connectivity index (χ1n) is 7.87. The van der Waals surface area contributed by atoms with Crippen LogP contribution in [0.15, 0.2) is 36.4 Å². The minimum atomic E-state index is -1.11. The number of aryl methyl sites for hydroxylation is 1. The van der Waals surface area contributed by atoms with Crippen LogP contribution in [0.5, 0.6) is 5.75 Å². The van der Waals surface area contributed by atoms with Crippen LogP contribution in [-0.4, -0.2) is 29.1 Å². The topological polar surface area (TPSA) is 91.4 Å². The molecule has 134 valence electrons. The summed E-state index contributed by atoms with van der Waals surface area (Å²) in [6, 6.07) is 10.5. The highest BCUT2D eigenvalue weighted by Gasteiger charge is 2.20. The summed E-state index contributed by atoms with van der Waals surface area (Å²) in [7, 11) is 1.48. The third kappa shape index (κ3) is 3.36. The largest absolute Gasteiger partial charge is 0.495 e. The molecular formula is C19H17ClN2O4. The van der Waals surface area contributed by atoms with Crippen molar-refractivity contribution in [2.75, 3.05) is 12.4 Å². The van der Waals surface area contributed by atoms with Gasteiger partial charge in [-0.25, -0.2) is 4.79 Å². The highest BCUT2D eigenvalue weighted by atomic mass is 35.5. The van der Waals surface area contributed by atoms with Crippen LogP contribution < -0.4 is 10.1 Å². The number of ether oxygens (including phenoxy) is 1. The molecule has 0 spiro atoms. The fraction of sp³-hybridized carbons (Fsp3) is 0.158. The van der Waals surface area contributed by atoms with Crippen molar-refractivity contribution in [3.63, 3.8) is 0 Å². The number of carbonyl (C=O) groups is 2. The molecule has 3 N–H and O–H groups in total. The number of fused-ring (bicyclic) bond motifs is 1. The SMILES string of the molecule is COc1cc(Cl)c(C)cc1NC(=O)Cc1c(C(=O)O)[nH]c2ccccc12. The second-order valence-electron chi connectivity index (χ2n) is 5.86. The first-order chi connectivity index (χ1) is 12.4. The van der Waals surface area contributed by atoms with Crippen LogP contribution in [-0.2, 0) is 11.2 Å². The Balaban J connectivity index is 1.92. The molecule has 0 saturated heterocycles. The number of hydrogen-bond donors (Lipinski definition) is 3. The van der Waals surface area contributed by atoms with Crippen LogP contribution in [0, 0.1) is 6.92 Å². The summed E-state index contributed by atoms with van der Waals surface area (Å²) in [5.74, 6) is -1.02. The first-order valence-corrected chi connectivity index (χ1v) is 8.25. The van der Waals surface area contributed by atoms with E-state index in [1.807, 2.05) is 6.92 Å². The van der Waals surface area contributed by atoms with Crippen LogP contribution in [0.4, 0.5) is 5.69 Å². The Labute approximate surface area is 154 Å². The van der Waals surface area contributed by atoms with Gasteiger partial charge >= 0.3 is 5.97 Å². The van der Waals surface area contributed by atoms with Gasteiger partial charge in [-0.15, -0.1) is 0 Å². The van der Waals surface area contributed by atoms with Crippen LogP contribution in [0.25, 0.3) is 10.9 Å². The number of benzene rings is 2. The molecule has 0 atom stereocenters.